The quantitative estimate of drug-likeness (QED) is 0.887. The number of amides is 1. The van der Waals surface area contributed by atoms with Crippen molar-refractivity contribution >= 4 is 23.2 Å². The van der Waals surface area contributed by atoms with Gasteiger partial charge in [-0.25, -0.2) is 13.6 Å². The minimum Gasteiger partial charge on any atom is -0.477 e. The number of carbonyl (C=O) groups is 2. The van der Waals surface area contributed by atoms with Gasteiger partial charge in [0.05, 0.1) is 6.61 Å². The predicted molar refractivity (Wildman–Crippen MR) is 86.1 cm³/mol. The van der Waals surface area contributed by atoms with Crippen LogP contribution in [0.3, 0.4) is 0 Å². The molecule has 1 spiro atoms. The van der Waals surface area contributed by atoms with Crippen molar-refractivity contribution in [3.05, 3.63) is 21.4 Å². The molecule has 1 N–H and O–H groups in total. The van der Waals surface area contributed by atoms with E-state index in [-0.39, 0.29) is 18.7 Å². The molecule has 3 heterocycles. The number of carbonyl (C=O) groups excluding carboxylic acids is 1. The highest BCUT2D eigenvalue weighted by molar-refractivity contribution is 7.14. The Morgan fingerprint density at radius 2 is 2.04 bits per heavy atom. The Labute approximate surface area is 147 Å². The fraction of sp³-hybridized carbons (Fsp3) is 0.647. The molecule has 1 aromatic rings. The lowest BCUT2D eigenvalue weighted by atomic mass is 9.85. The van der Waals surface area contributed by atoms with Gasteiger partial charge < -0.3 is 14.7 Å². The third kappa shape index (κ3) is 2.95. The van der Waals surface area contributed by atoms with Crippen LogP contribution in [0.25, 0.3) is 0 Å². The Bertz CT molecular complexity index is 724. The van der Waals surface area contributed by atoms with E-state index in [0.717, 1.165) is 10.4 Å². The van der Waals surface area contributed by atoms with Crippen molar-refractivity contribution in [2.45, 2.75) is 43.6 Å². The van der Waals surface area contributed by atoms with Crippen molar-refractivity contribution in [3.8, 4) is 0 Å². The molecule has 4 rings (SSSR count). The van der Waals surface area contributed by atoms with Gasteiger partial charge in [0.15, 0.2) is 0 Å². The molecule has 1 unspecified atom stereocenters. The van der Waals surface area contributed by atoms with Crippen LogP contribution in [0.1, 0.15) is 45.8 Å². The van der Waals surface area contributed by atoms with Crippen LogP contribution in [-0.2, 0) is 21.6 Å². The highest BCUT2D eigenvalue weighted by Crippen LogP contribution is 2.51. The van der Waals surface area contributed by atoms with Gasteiger partial charge in [0, 0.05) is 36.7 Å². The molecule has 0 aromatic carbocycles. The van der Waals surface area contributed by atoms with Crippen LogP contribution in [-0.4, -0.2) is 47.5 Å². The van der Waals surface area contributed by atoms with Crippen molar-refractivity contribution in [2.24, 2.45) is 5.92 Å². The topological polar surface area (TPSA) is 66.8 Å². The molecule has 1 atom stereocenters. The van der Waals surface area contributed by atoms with Crippen LogP contribution in [0.2, 0.25) is 0 Å². The molecule has 5 nitrogen and oxygen atoms in total. The van der Waals surface area contributed by atoms with Crippen molar-refractivity contribution in [3.63, 3.8) is 0 Å². The SMILES string of the molecule is O=C(O)c1cc2c(s1)C1(CCN(C(=O)CC3CC3(F)F)CC1)OCC2. The maximum absolute atomic E-state index is 13.0. The number of hydrogen-bond donors (Lipinski definition) is 1. The fourth-order valence-corrected chi connectivity index (χ4v) is 5.10. The molecule has 0 radical (unpaired) electrons. The molecule has 136 valence electrons. The van der Waals surface area contributed by atoms with Crippen LogP contribution in [0.5, 0.6) is 0 Å². The van der Waals surface area contributed by atoms with Crippen molar-refractivity contribution in [1.82, 2.24) is 4.90 Å². The number of carboxylic acid groups (broad SMARTS) is 1. The summed E-state index contributed by atoms with van der Waals surface area (Å²) >= 11 is 1.25. The molecule has 2 aliphatic heterocycles. The number of rotatable bonds is 3. The molecule has 25 heavy (non-hydrogen) atoms. The first-order valence-corrected chi connectivity index (χ1v) is 9.28. The van der Waals surface area contributed by atoms with Gasteiger partial charge in [-0.1, -0.05) is 0 Å². The molecule has 0 bridgehead atoms. The number of thiophene rings is 1. The third-order valence-corrected chi connectivity index (χ3v) is 6.83. The van der Waals surface area contributed by atoms with Gasteiger partial charge in [-0.3, -0.25) is 4.79 Å². The molecular formula is C17H19F2NO4S. The summed E-state index contributed by atoms with van der Waals surface area (Å²) in [4.78, 5) is 26.4. The van der Waals surface area contributed by atoms with Crippen LogP contribution < -0.4 is 0 Å². The number of ether oxygens (including phenoxy) is 1. The van der Waals surface area contributed by atoms with E-state index in [1.54, 1.807) is 11.0 Å². The van der Waals surface area contributed by atoms with Crippen molar-refractivity contribution < 1.29 is 28.2 Å². The van der Waals surface area contributed by atoms with Gasteiger partial charge in [-0.05, 0) is 30.9 Å². The maximum Gasteiger partial charge on any atom is 0.345 e. The van der Waals surface area contributed by atoms with E-state index >= 15 is 0 Å². The van der Waals surface area contributed by atoms with E-state index < -0.39 is 23.4 Å². The van der Waals surface area contributed by atoms with E-state index in [9.17, 15) is 23.5 Å². The summed E-state index contributed by atoms with van der Waals surface area (Å²) in [6, 6.07) is 1.72. The molecule has 2 fully saturated rings. The summed E-state index contributed by atoms with van der Waals surface area (Å²) < 4.78 is 32.1. The minimum atomic E-state index is -2.67. The monoisotopic (exact) mass is 371 g/mol. The number of hydrogen-bond acceptors (Lipinski definition) is 4. The Morgan fingerprint density at radius 3 is 2.64 bits per heavy atom. The zero-order valence-corrected chi connectivity index (χ0v) is 14.4. The summed E-state index contributed by atoms with van der Waals surface area (Å²) in [6.45, 7) is 1.44. The number of aromatic carboxylic acids is 1. The van der Waals surface area contributed by atoms with E-state index in [0.29, 0.717) is 43.8 Å². The Morgan fingerprint density at radius 1 is 1.36 bits per heavy atom. The average Bonchev–Trinajstić information content (AvgIpc) is 2.97. The molecule has 1 saturated carbocycles. The number of carboxylic acids is 1. The number of halogens is 2. The second-order valence-electron chi connectivity index (χ2n) is 7.11. The standard InChI is InChI=1S/C17H19F2NO4S/c18-17(19)9-11(17)8-13(21)20-4-2-16(3-5-20)14-10(1-6-24-16)7-12(25-14)15(22)23/h7,11H,1-6,8-9H2,(H,22,23). The molecule has 1 saturated heterocycles. The third-order valence-electron chi connectivity index (χ3n) is 5.48. The van der Waals surface area contributed by atoms with E-state index in [4.69, 9.17) is 4.74 Å². The van der Waals surface area contributed by atoms with E-state index in [1.165, 1.54) is 11.3 Å². The first kappa shape index (κ1) is 16.9. The van der Waals surface area contributed by atoms with E-state index in [2.05, 4.69) is 0 Å². The molecule has 1 aromatic heterocycles. The molecule has 1 aliphatic carbocycles. The zero-order valence-electron chi connectivity index (χ0n) is 13.6. The predicted octanol–water partition coefficient (Wildman–Crippen LogP) is 2.88. The number of fused-ring (bicyclic) bond motifs is 2. The van der Waals surface area contributed by atoms with Crippen LogP contribution >= 0.6 is 11.3 Å². The van der Waals surface area contributed by atoms with Crippen molar-refractivity contribution in [2.75, 3.05) is 19.7 Å². The van der Waals surface area contributed by atoms with Gasteiger partial charge in [0.2, 0.25) is 5.91 Å². The maximum atomic E-state index is 13.0. The second kappa shape index (κ2) is 5.74. The van der Waals surface area contributed by atoms with E-state index in [1.807, 2.05) is 0 Å². The zero-order chi connectivity index (χ0) is 17.8. The lowest BCUT2D eigenvalue weighted by Crippen LogP contribution is -2.48. The largest absolute Gasteiger partial charge is 0.477 e. The van der Waals surface area contributed by atoms with Gasteiger partial charge in [0.1, 0.15) is 10.5 Å². The first-order valence-electron chi connectivity index (χ1n) is 8.47. The highest BCUT2D eigenvalue weighted by Gasteiger charge is 2.57. The minimum absolute atomic E-state index is 0.0890. The number of piperidine rings is 1. The summed E-state index contributed by atoms with van der Waals surface area (Å²) in [5, 5.41) is 9.22. The normalized spacial score (nSPS) is 26.3. The smallest absolute Gasteiger partial charge is 0.345 e. The average molecular weight is 371 g/mol. The molecular weight excluding hydrogens is 352 g/mol. The molecule has 8 heteroatoms. The fourth-order valence-electron chi connectivity index (χ4n) is 3.85. The Hall–Kier alpha value is -1.54. The Kier molecular flexibility index (Phi) is 3.88. The van der Waals surface area contributed by atoms with Crippen LogP contribution in [0, 0.1) is 5.92 Å². The summed E-state index contributed by atoms with van der Waals surface area (Å²) in [6.07, 6.45) is 1.57. The molecule has 3 aliphatic rings. The Balaban J connectivity index is 1.45. The lowest BCUT2D eigenvalue weighted by Gasteiger charge is -2.43. The van der Waals surface area contributed by atoms with Gasteiger partial charge >= 0.3 is 5.97 Å². The summed E-state index contributed by atoms with van der Waals surface area (Å²) in [5.74, 6) is -4.63. The summed E-state index contributed by atoms with van der Waals surface area (Å²) in [7, 11) is 0. The van der Waals surface area contributed by atoms with Gasteiger partial charge in [-0.15, -0.1) is 11.3 Å². The van der Waals surface area contributed by atoms with Crippen LogP contribution in [0.4, 0.5) is 8.78 Å². The second-order valence-corrected chi connectivity index (χ2v) is 8.16. The van der Waals surface area contributed by atoms with Gasteiger partial charge in [0.25, 0.3) is 5.92 Å². The van der Waals surface area contributed by atoms with Crippen LogP contribution in [0.15, 0.2) is 6.07 Å². The number of alkyl halides is 2. The van der Waals surface area contributed by atoms with Crippen molar-refractivity contribution in [1.29, 1.82) is 0 Å². The number of likely N-dealkylation sites (tertiary alicyclic amines) is 1. The summed E-state index contributed by atoms with van der Waals surface area (Å²) in [5.41, 5.74) is 0.484. The number of nitrogens with zero attached hydrogens (tertiary/aromatic N) is 1. The lowest BCUT2D eigenvalue weighted by molar-refractivity contribution is -0.141. The van der Waals surface area contributed by atoms with Gasteiger partial charge in [-0.2, -0.15) is 0 Å². The molecule has 1 amide bonds. The first-order chi connectivity index (χ1) is 11.8. The highest BCUT2D eigenvalue weighted by atomic mass is 32.1.